The summed E-state index contributed by atoms with van der Waals surface area (Å²) in [5.74, 6) is 0. The van der Waals surface area contributed by atoms with Crippen molar-refractivity contribution in [1.29, 1.82) is 0 Å². The second-order valence-corrected chi connectivity index (χ2v) is 11.7. The molecule has 0 aliphatic carbocycles. The fourth-order valence-electron chi connectivity index (χ4n) is 5.47. The number of nitrogens with zero attached hydrogens (tertiary/aromatic N) is 3. The van der Waals surface area contributed by atoms with Crippen molar-refractivity contribution in [3.05, 3.63) is 0 Å². The van der Waals surface area contributed by atoms with Crippen LogP contribution in [0, 0.1) is 0 Å². The van der Waals surface area contributed by atoms with E-state index < -0.39 is 0 Å². The molecular formula is C32H68N4. The molecule has 0 radical (unpaired) electrons. The highest BCUT2D eigenvalue weighted by Crippen LogP contribution is 2.12. The molecule has 36 heavy (non-hydrogen) atoms. The maximum absolute atomic E-state index is 3.70. The largest absolute Gasteiger partial charge is 0.315 e. The third-order valence-corrected chi connectivity index (χ3v) is 8.18. The molecule has 0 amide bonds. The Bertz CT molecular complexity index is 402. The van der Waals surface area contributed by atoms with Crippen molar-refractivity contribution in [2.24, 2.45) is 0 Å². The van der Waals surface area contributed by atoms with Gasteiger partial charge in [-0.1, -0.05) is 110 Å². The Morgan fingerprint density at radius 3 is 1.39 bits per heavy atom. The topological polar surface area (TPSA) is 21.8 Å². The standard InChI is InChI=1S/C32H68N4/c1-4-6-8-10-12-14-16-20-25-35(26-21-17-15-13-11-9-7-5-2)27-22-18-19-23-33-24-28-36-31-29-34(3)30-32-36/h33H,4-32H2,1-3H3. The van der Waals surface area contributed by atoms with Gasteiger partial charge in [0.25, 0.3) is 0 Å². The van der Waals surface area contributed by atoms with Crippen molar-refractivity contribution in [3.63, 3.8) is 0 Å². The Morgan fingerprint density at radius 1 is 0.500 bits per heavy atom. The molecule has 216 valence electrons. The van der Waals surface area contributed by atoms with Crippen LogP contribution < -0.4 is 5.32 Å². The minimum absolute atomic E-state index is 1.16. The lowest BCUT2D eigenvalue weighted by Crippen LogP contribution is -2.46. The summed E-state index contributed by atoms with van der Waals surface area (Å²) in [6.45, 7) is 17.2. The summed E-state index contributed by atoms with van der Waals surface area (Å²) >= 11 is 0. The first-order valence-electron chi connectivity index (χ1n) is 16.6. The average molecular weight is 509 g/mol. The van der Waals surface area contributed by atoms with Crippen LogP contribution in [-0.4, -0.2) is 87.2 Å². The Morgan fingerprint density at radius 2 is 0.917 bits per heavy atom. The summed E-state index contributed by atoms with van der Waals surface area (Å²) in [5, 5.41) is 3.70. The number of rotatable bonds is 27. The normalized spacial score (nSPS) is 15.3. The molecule has 1 heterocycles. The number of nitrogens with one attached hydrogen (secondary N) is 1. The van der Waals surface area contributed by atoms with Crippen LogP contribution in [0.4, 0.5) is 0 Å². The van der Waals surface area contributed by atoms with Gasteiger partial charge in [-0.3, -0.25) is 4.90 Å². The van der Waals surface area contributed by atoms with Crippen molar-refractivity contribution in [2.75, 3.05) is 72.5 Å². The summed E-state index contributed by atoms with van der Waals surface area (Å²) < 4.78 is 0. The lowest BCUT2D eigenvalue weighted by Gasteiger charge is -2.32. The zero-order valence-electron chi connectivity index (χ0n) is 25.3. The maximum atomic E-state index is 3.70. The van der Waals surface area contributed by atoms with Gasteiger partial charge in [-0.25, -0.2) is 0 Å². The molecule has 1 aliphatic rings. The SMILES string of the molecule is CCCCCCCCCCN(CCCCCCCCCC)CCCCCNCCN1CCN(C)CC1. The third-order valence-electron chi connectivity index (χ3n) is 8.18. The maximum Gasteiger partial charge on any atom is 0.0110 e. The van der Waals surface area contributed by atoms with Crippen molar-refractivity contribution in [3.8, 4) is 0 Å². The first-order valence-corrected chi connectivity index (χ1v) is 16.6. The lowest BCUT2D eigenvalue weighted by molar-refractivity contribution is 0.155. The summed E-state index contributed by atoms with van der Waals surface area (Å²) in [6.07, 6.45) is 27.0. The Balaban J connectivity index is 2.07. The molecule has 0 aromatic rings. The van der Waals surface area contributed by atoms with Crippen LogP contribution >= 0.6 is 0 Å². The summed E-state index contributed by atoms with van der Waals surface area (Å²) in [7, 11) is 2.24. The van der Waals surface area contributed by atoms with Crippen LogP contribution in [0.2, 0.25) is 0 Å². The quantitative estimate of drug-likeness (QED) is 0.115. The number of hydrogen-bond acceptors (Lipinski definition) is 4. The first-order chi connectivity index (χ1) is 17.8. The van der Waals surface area contributed by atoms with Crippen molar-refractivity contribution in [1.82, 2.24) is 20.0 Å². The average Bonchev–Trinajstić information content (AvgIpc) is 2.89. The Kier molecular flexibility index (Phi) is 24.9. The van der Waals surface area contributed by atoms with E-state index in [-0.39, 0.29) is 0 Å². The summed E-state index contributed by atoms with van der Waals surface area (Å²) in [5.41, 5.74) is 0. The van der Waals surface area contributed by atoms with Crippen LogP contribution in [0.5, 0.6) is 0 Å². The highest BCUT2D eigenvalue weighted by molar-refractivity contribution is 4.70. The molecule has 0 bridgehead atoms. The molecule has 0 aromatic heterocycles. The van der Waals surface area contributed by atoms with E-state index >= 15 is 0 Å². The van der Waals surface area contributed by atoms with E-state index in [2.05, 4.69) is 40.9 Å². The number of likely N-dealkylation sites (N-methyl/N-ethyl adjacent to an activating group) is 1. The minimum atomic E-state index is 1.16. The van der Waals surface area contributed by atoms with Gasteiger partial charge in [0.05, 0.1) is 0 Å². The van der Waals surface area contributed by atoms with E-state index in [4.69, 9.17) is 0 Å². The molecule has 1 N–H and O–H groups in total. The molecule has 0 atom stereocenters. The van der Waals surface area contributed by atoms with E-state index in [1.807, 2.05) is 0 Å². The molecule has 1 aliphatic heterocycles. The van der Waals surface area contributed by atoms with Crippen LogP contribution in [0.1, 0.15) is 136 Å². The molecule has 1 rings (SSSR count). The second kappa shape index (κ2) is 26.4. The van der Waals surface area contributed by atoms with Gasteiger partial charge in [0.1, 0.15) is 0 Å². The highest BCUT2D eigenvalue weighted by Gasteiger charge is 2.12. The predicted octanol–water partition coefficient (Wildman–Crippen LogP) is 7.58. The van der Waals surface area contributed by atoms with Crippen molar-refractivity contribution in [2.45, 2.75) is 136 Å². The van der Waals surface area contributed by atoms with E-state index in [9.17, 15) is 0 Å². The van der Waals surface area contributed by atoms with Crippen LogP contribution in [-0.2, 0) is 0 Å². The fourth-order valence-corrected chi connectivity index (χ4v) is 5.47. The summed E-state index contributed by atoms with van der Waals surface area (Å²) in [6, 6.07) is 0. The van der Waals surface area contributed by atoms with Crippen molar-refractivity contribution < 1.29 is 0 Å². The van der Waals surface area contributed by atoms with Crippen LogP contribution in [0.15, 0.2) is 0 Å². The van der Waals surface area contributed by atoms with Gasteiger partial charge in [-0.15, -0.1) is 0 Å². The first kappa shape index (κ1) is 33.9. The molecule has 0 aromatic carbocycles. The predicted molar refractivity (Wildman–Crippen MR) is 162 cm³/mol. The Labute approximate surface area is 228 Å². The van der Waals surface area contributed by atoms with Gasteiger partial charge >= 0.3 is 0 Å². The lowest BCUT2D eigenvalue weighted by atomic mass is 10.1. The molecule has 0 spiro atoms. The molecule has 0 saturated carbocycles. The number of hydrogen-bond donors (Lipinski definition) is 1. The zero-order chi connectivity index (χ0) is 25.9. The fraction of sp³-hybridized carbons (Fsp3) is 1.00. The van der Waals surface area contributed by atoms with Gasteiger partial charge < -0.3 is 15.1 Å². The smallest absolute Gasteiger partial charge is 0.0110 e. The summed E-state index contributed by atoms with van der Waals surface area (Å²) in [4.78, 5) is 7.87. The van der Waals surface area contributed by atoms with Crippen LogP contribution in [0.25, 0.3) is 0 Å². The molecule has 0 unspecified atom stereocenters. The monoisotopic (exact) mass is 509 g/mol. The van der Waals surface area contributed by atoms with Gasteiger partial charge in [-0.2, -0.15) is 0 Å². The van der Waals surface area contributed by atoms with Crippen LogP contribution in [0.3, 0.4) is 0 Å². The highest BCUT2D eigenvalue weighted by atomic mass is 15.2. The van der Waals surface area contributed by atoms with Gasteiger partial charge in [0.2, 0.25) is 0 Å². The van der Waals surface area contributed by atoms with E-state index in [0.717, 1.165) is 6.54 Å². The van der Waals surface area contributed by atoms with Gasteiger partial charge in [0, 0.05) is 39.3 Å². The minimum Gasteiger partial charge on any atom is -0.315 e. The van der Waals surface area contributed by atoms with Crippen molar-refractivity contribution >= 4 is 0 Å². The van der Waals surface area contributed by atoms with E-state index in [1.54, 1.807) is 0 Å². The molecule has 1 saturated heterocycles. The second-order valence-electron chi connectivity index (χ2n) is 11.7. The third kappa shape index (κ3) is 21.9. The molecule has 1 fully saturated rings. The van der Waals surface area contributed by atoms with E-state index in [1.165, 1.54) is 181 Å². The zero-order valence-corrected chi connectivity index (χ0v) is 25.3. The number of unbranched alkanes of at least 4 members (excludes halogenated alkanes) is 16. The molecular weight excluding hydrogens is 440 g/mol. The molecule has 4 nitrogen and oxygen atoms in total. The van der Waals surface area contributed by atoms with Gasteiger partial charge in [-0.05, 0) is 58.9 Å². The van der Waals surface area contributed by atoms with Gasteiger partial charge in [0.15, 0.2) is 0 Å². The van der Waals surface area contributed by atoms with E-state index in [0.29, 0.717) is 0 Å². The number of piperazine rings is 1. The molecule has 4 heteroatoms. The Hall–Kier alpha value is -0.160.